The molecule has 1 unspecified atom stereocenters. The van der Waals surface area contributed by atoms with E-state index in [1.54, 1.807) is 0 Å². The Balaban J connectivity index is 2.47. The minimum Gasteiger partial charge on any atom is -0.466 e. The maximum atomic E-state index is 15.6. The van der Waals surface area contributed by atoms with Gasteiger partial charge < -0.3 is 14.8 Å². The second kappa shape index (κ2) is 10.6. The number of carbonyl (C=O) groups excluding carboxylic acids is 2. The van der Waals surface area contributed by atoms with Crippen molar-refractivity contribution in [3.05, 3.63) is 82.2 Å². The number of alkyl halides is 1. The molecule has 1 N–H and O–H groups in total. The third-order valence-corrected chi connectivity index (χ3v) is 7.30. The van der Waals surface area contributed by atoms with Gasteiger partial charge in [-0.2, -0.15) is 0 Å². The van der Waals surface area contributed by atoms with E-state index in [4.69, 9.17) is 9.47 Å². The van der Waals surface area contributed by atoms with E-state index in [0.29, 0.717) is 12.1 Å². The van der Waals surface area contributed by atoms with E-state index in [9.17, 15) is 22.4 Å². The monoisotopic (exact) mass is 523 g/mol. The minimum atomic E-state index is -4.72. The highest BCUT2D eigenvalue weighted by atomic mass is 32.2. The highest BCUT2D eigenvalue weighted by Gasteiger charge is 2.44. The quantitative estimate of drug-likeness (QED) is 0.546. The third kappa shape index (κ3) is 4.88. The number of benzene rings is 2. The topological polar surface area (TPSA) is 98.8 Å². The summed E-state index contributed by atoms with van der Waals surface area (Å²) in [6, 6.07) is 7.98. The van der Waals surface area contributed by atoms with Crippen molar-refractivity contribution in [2.75, 3.05) is 13.8 Å². The summed E-state index contributed by atoms with van der Waals surface area (Å²) < 4.78 is 82.0. The van der Waals surface area contributed by atoms with Crippen molar-refractivity contribution >= 4 is 21.8 Å². The molecule has 0 saturated carbocycles. The number of halogens is 3. The molecule has 7 nitrogen and oxygen atoms in total. The molecule has 1 heterocycles. The zero-order valence-electron chi connectivity index (χ0n) is 19.9. The second-order valence-electron chi connectivity index (χ2n) is 8.16. The molecule has 0 spiro atoms. The third-order valence-electron chi connectivity index (χ3n) is 5.45. The molecule has 0 saturated heterocycles. The van der Waals surface area contributed by atoms with Crippen LogP contribution in [0.15, 0.2) is 74.8 Å². The van der Waals surface area contributed by atoms with Crippen LogP contribution in [0.25, 0.3) is 0 Å². The van der Waals surface area contributed by atoms with E-state index >= 15 is 8.78 Å². The predicted molar refractivity (Wildman–Crippen MR) is 123 cm³/mol. The molecule has 3 rings (SSSR count). The fourth-order valence-corrected chi connectivity index (χ4v) is 5.58. The molecular weight excluding hydrogens is 499 g/mol. The van der Waals surface area contributed by atoms with Crippen LogP contribution in [0.1, 0.15) is 32.3 Å². The standard InChI is InChI=1S/C25H24F3NO6S/c1-13(2)35-25(31)19-14(3)29-18(12-26)21(24(30)34-4)22(19)20-16(27)10-11-17(28)23(20)36(32,33)15-8-6-5-7-9-15/h5-11,13,22,29H,12H2,1-4H3. The summed E-state index contributed by atoms with van der Waals surface area (Å²) in [6.07, 6.45) is -0.656. The summed E-state index contributed by atoms with van der Waals surface area (Å²) in [7, 11) is -3.75. The molecule has 0 aliphatic carbocycles. The molecule has 0 bridgehead atoms. The first-order chi connectivity index (χ1) is 16.9. The summed E-state index contributed by atoms with van der Waals surface area (Å²) in [5.41, 5.74) is -2.25. The molecule has 1 aliphatic heterocycles. The molecular formula is C25H24F3NO6S. The Morgan fingerprint density at radius 2 is 1.61 bits per heavy atom. The van der Waals surface area contributed by atoms with Crippen LogP contribution in [0.4, 0.5) is 13.2 Å². The van der Waals surface area contributed by atoms with Crippen molar-refractivity contribution in [1.29, 1.82) is 0 Å². The Morgan fingerprint density at radius 3 is 2.17 bits per heavy atom. The van der Waals surface area contributed by atoms with Crippen LogP contribution in [0.5, 0.6) is 0 Å². The molecule has 2 aromatic rings. The summed E-state index contributed by atoms with van der Waals surface area (Å²) >= 11 is 0. The Kier molecular flexibility index (Phi) is 7.92. The lowest BCUT2D eigenvalue weighted by molar-refractivity contribution is -0.143. The molecule has 2 aromatic carbocycles. The number of hydrogen-bond acceptors (Lipinski definition) is 7. The first-order valence-corrected chi connectivity index (χ1v) is 12.3. The molecule has 192 valence electrons. The van der Waals surface area contributed by atoms with Gasteiger partial charge in [0.2, 0.25) is 9.84 Å². The van der Waals surface area contributed by atoms with Crippen LogP contribution in [0, 0.1) is 11.6 Å². The van der Waals surface area contributed by atoms with Crippen LogP contribution < -0.4 is 5.32 Å². The first kappa shape index (κ1) is 27.0. The Labute approximate surface area is 206 Å². The highest BCUT2D eigenvalue weighted by Crippen LogP contribution is 2.44. The largest absolute Gasteiger partial charge is 0.466 e. The van der Waals surface area contributed by atoms with Gasteiger partial charge in [0.05, 0.1) is 40.9 Å². The Hall–Kier alpha value is -3.60. The van der Waals surface area contributed by atoms with Gasteiger partial charge >= 0.3 is 11.9 Å². The summed E-state index contributed by atoms with van der Waals surface area (Å²) in [4.78, 5) is 24.5. The Bertz CT molecular complexity index is 1370. The van der Waals surface area contributed by atoms with Gasteiger partial charge in [0.15, 0.2) is 0 Å². The molecule has 0 fully saturated rings. The second-order valence-corrected chi connectivity index (χ2v) is 10.0. The van der Waals surface area contributed by atoms with E-state index in [2.05, 4.69) is 5.32 Å². The lowest BCUT2D eigenvalue weighted by atomic mass is 9.80. The number of ether oxygens (including phenoxy) is 2. The van der Waals surface area contributed by atoms with Gasteiger partial charge in [-0.25, -0.2) is 31.2 Å². The van der Waals surface area contributed by atoms with Crippen LogP contribution in [0.3, 0.4) is 0 Å². The number of sulfone groups is 1. The van der Waals surface area contributed by atoms with E-state index in [0.717, 1.165) is 7.11 Å². The summed E-state index contributed by atoms with van der Waals surface area (Å²) in [6.45, 7) is 3.15. The Morgan fingerprint density at radius 1 is 1.00 bits per heavy atom. The number of dihydropyridines is 1. The van der Waals surface area contributed by atoms with E-state index < -0.39 is 79.4 Å². The van der Waals surface area contributed by atoms with E-state index in [-0.39, 0.29) is 10.6 Å². The predicted octanol–water partition coefficient (Wildman–Crippen LogP) is 4.11. The SMILES string of the molecule is COC(=O)C1=C(CF)NC(C)=C(C(=O)OC(C)C)C1c1c(F)ccc(F)c1S(=O)(=O)c1ccccc1. The molecule has 0 radical (unpaired) electrons. The number of hydrogen-bond donors (Lipinski definition) is 1. The van der Waals surface area contributed by atoms with Crippen molar-refractivity contribution in [2.45, 2.75) is 42.6 Å². The minimum absolute atomic E-state index is 0.0299. The fraction of sp³-hybridized carbons (Fsp3) is 0.280. The zero-order valence-corrected chi connectivity index (χ0v) is 20.7. The average molecular weight is 524 g/mol. The van der Waals surface area contributed by atoms with Crippen molar-refractivity contribution in [3.8, 4) is 0 Å². The van der Waals surface area contributed by atoms with Crippen molar-refractivity contribution in [3.63, 3.8) is 0 Å². The molecule has 1 aliphatic rings. The molecule has 0 aromatic heterocycles. The van der Waals surface area contributed by atoms with Crippen LogP contribution >= 0.6 is 0 Å². The van der Waals surface area contributed by atoms with E-state index in [1.165, 1.54) is 51.1 Å². The average Bonchev–Trinajstić information content (AvgIpc) is 2.83. The smallest absolute Gasteiger partial charge is 0.337 e. The summed E-state index contributed by atoms with van der Waals surface area (Å²) in [5.74, 6) is -6.63. The van der Waals surface area contributed by atoms with Crippen LogP contribution in [-0.2, 0) is 28.9 Å². The summed E-state index contributed by atoms with van der Waals surface area (Å²) in [5, 5.41) is 2.58. The zero-order chi connectivity index (χ0) is 26.8. The van der Waals surface area contributed by atoms with Gasteiger partial charge in [-0.3, -0.25) is 0 Å². The molecule has 36 heavy (non-hydrogen) atoms. The lowest BCUT2D eigenvalue weighted by Crippen LogP contribution is -2.35. The molecule has 11 heteroatoms. The maximum absolute atomic E-state index is 15.6. The van der Waals surface area contributed by atoms with Gasteiger partial charge in [0, 0.05) is 11.3 Å². The van der Waals surface area contributed by atoms with Crippen molar-refractivity contribution in [1.82, 2.24) is 5.32 Å². The number of esters is 2. The number of nitrogens with one attached hydrogen (secondary N) is 1. The number of rotatable bonds is 7. The molecule has 1 atom stereocenters. The first-order valence-electron chi connectivity index (χ1n) is 10.8. The highest BCUT2D eigenvalue weighted by molar-refractivity contribution is 7.91. The van der Waals surface area contributed by atoms with Gasteiger partial charge in [-0.1, -0.05) is 18.2 Å². The van der Waals surface area contributed by atoms with Crippen molar-refractivity contribution < 1.29 is 40.7 Å². The number of allylic oxidation sites excluding steroid dienone is 2. The van der Waals surface area contributed by atoms with E-state index in [1.807, 2.05) is 0 Å². The fourth-order valence-electron chi connectivity index (χ4n) is 4.00. The van der Waals surface area contributed by atoms with Crippen LogP contribution in [-0.4, -0.2) is 40.2 Å². The van der Waals surface area contributed by atoms with Gasteiger partial charge in [-0.05, 0) is 45.0 Å². The normalized spacial score (nSPS) is 16.2. The van der Waals surface area contributed by atoms with Gasteiger partial charge in [0.1, 0.15) is 23.2 Å². The van der Waals surface area contributed by atoms with Gasteiger partial charge in [0.25, 0.3) is 0 Å². The number of carbonyl (C=O) groups is 2. The lowest BCUT2D eigenvalue weighted by Gasteiger charge is -2.32. The number of methoxy groups -OCH3 is 1. The van der Waals surface area contributed by atoms with Crippen LogP contribution in [0.2, 0.25) is 0 Å². The maximum Gasteiger partial charge on any atom is 0.337 e. The molecule has 0 amide bonds. The van der Waals surface area contributed by atoms with Gasteiger partial charge in [-0.15, -0.1) is 0 Å². The van der Waals surface area contributed by atoms with Crippen molar-refractivity contribution in [2.24, 2.45) is 0 Å².